The topological polar surface area (TPSA) is 77.5 Å². The number of cyclic esters (lactones) is 1. The van der Waals surface area contributed by atoms with Crippen molar-refractivity contribution in [2.75, 3.05) is 36.0 Å². The molecule has 2 aliphatic heterocycles. The normalized spacial score (nSPS) is 19.5. The lowest BCUT2D eigenvalue weighted by molar-refractivity contribution is -0.118. The maximum atomic E-state index is 14.6. The molecule has 3 rings (SSSR count). The summed E-state index contributed by atoms with van der Waals surface area (Å²) in [4.78, 5) is 26.3. The summed E-state index contributed by atoms with van der Waals surface area (Å²) in [7, 11) is 0. The van der Waals surface area contributed by atoms with Gasteiger partial charge in [-0.2, -0.15) is 5.10 Å². The fourth-order valence-electron chi connectivity index (χ4n) is 2.71. The third kappa shape index (κ3) is 3.90. The average Bonchev–Trinajstić information content (AvgIpc) is 3.01. The van der Waals surface area contributed by atoms with Crippen LogP contribution < -0.4 is 15.1 Å². The van der Waals surface area contributed by atoms with Crippen LogP contribution in [0.2, 0.25) is 0 Å². The standard InChI is InChI=1S/C16H18FN5O3S/c1-11(26)18-7-13-8-22(16(24)25-13)12-2-3-15(14(17)6-12)20-4-5-21(10-23)19-9-20/h2-3,6,9-10,13H,4-5,7-8H2,1H3,(H,18,26). The van der Waals surface area contributed by atoms with Gasteiger partial charge in [0.2, 0.25) is 6.41 Å². The molecule has 0 spiro atoms. The molecule has 0 radical (unpaired) electrons. The quantitative estimate of drug-likeness (QED) is 0.614. The van der Waals surface area contributed by atoms with E-state index in [1.54, 1.807) is 24.0 Å². The van der Waals surface area contributed by atoms with Crippen LogP contribution in [0.15, 0.2) is 23.3 Å². The first kappa shape index (κ1) is 18.1. The summed E-state index contributed by atoms with van der Waals surface area (Å²) in [6, 6.07) is 4.52. The molecule has 0 saturated carbocycles. The van der Waals surface area contributed by atoms with E-state index in [4.69, 9.17) is 17.0 Å². The van der Waals surface area contributed by atoms with Crippen LogP contribution in [-0.4, -0.2) is 61.1 Å². The molecular weight excluding hydrogens is 361 g/mol. The molecule has 10 heteroatoms. The second kappa shape index (κ2) is 7.65. The maximum absolute atomic E-state index is 14.6. The first-order valence-corrected chi connectivity index (χ1v) is 8.43. The van der Waals surface area contributed by atoms with Gasteiger partial charge in [-0.3, -0.25) is 9.69 Å². The lowest BCUT2D eigenvalue weighted by Crippen LogP contribution is -2.37. The minimum atomic E-state index is -0.521. The number of carbonyl (C=O) groups excluding carboxylic acids is 2. The lowest BCUT2D eigenvalue weighted by Gasteiger charge is -2.27. The highest BCUT2D eigenvalue weighted by Crippen LogP contribution is 2.28. The molecule has 0 aromatic heterocycles. The second-order valence-electron chi connectivity index (χ2n) is 5.88. The second-order valence-corrected chi connectivity index (χ2v) is 6.49. The van der Waals surface area contributed by atoms with Crippen molar-refractivity contribution < 1.29 is 18.7 Å². The molecule has 138 valence electrons. The van der Waals surface area contributed by atoms with E-state index in [0.29, 0.717) is 49.0 Å². The highest BCUT2D eigenvalue weighted by Gasteiger charge is 2.32. The van der Waals surface area contributed by atoms with Crippen molar-refractivity contribution in [2.24, 2.45) is 5.10 Å². The van der Waals surface area contributed by atoms with Crippen molar-refractivity contribution in [2.45, 2.75) is 13.0 Å². The molecule has 0 aliphatic carbocycles. The van der Waals surface area contributed by atoms with Gasteiger partial charge in [-0.05, 0) is 25.1 Å². The van der Waals surface area contributed by atoms with E-state index in [0.717, 1.165) is 0 Å². The van der Waals surface area contributed by atoms with Crippen LogP contribution >= 0.6 is 12.2 Å². The Morgan fingerprint density at radius 1 is 1.50 bits per heavy atom. The Morgan fingerprint density at radius 3 is 2.92 bits per heavy atom. The smallest absolute Gasteiger partial charge is 0.414 e. The largest absolute Gasteiger partial charge is 0.442 e. The number of thiocarbonyl (C=S) groups is 1. The summed E-state index contributed by atoms with van der Waals surface area (Å²) in [5.41, 5.74) is 0.742. The third-order valence-corrected chi connectivity index (χ3v) is 4.18. The molecule has 26 heavy (non-hydrogen) atoms. The lowest BCUT2D eigenvalue weighted by atomic mass is 10.2. The van der Waals surface area contributed by atoms with E-state index in [2.05, 4.69) is 10.4 Å². The summed E-state index contributed by atoms with van der Waals surface area (Å²) in [6.45, 7) is 3.26. The van der Waals surface area contributed by atoms with E-state index < -0.39 is 11.9 Å². The predicted octanol–water partition coefficient (Wildman–Crippen LogP) is 1.31. The van der Waals surface area contributed by atoms with Gasteiger partial charge in [0.05, 0.1) is 36.0 Å². The van der Waals surface area contributed by atoms with Crippen LogP contribution in [0.3, 0.4) is 0 Å². The number of hydrazone groups is 1. The third-order valence-electron chi connectivity index (χ3n) is 4.04. The van der Waals surface area contributed by atoms with Gasteiger partial charge >= 0.3 is 6.09 Å². The molecular formula is C16H18FN5O3S. The Kier molecular flexibility index (Phi) is 5.31. The van der Waals surface area contributed by atoms with Crippen LogP contribution in [0.4, 0.5) is 20.6 Å². The fraction of sp³-hybridized carbons (Fsp3) is 0.375. The molecule has 1 atom stereocenters. The van der Waals surface area contributed by atoms with Gasteiger partial charge < -0.3 is 15.0 Å². The van der Waals surface area contributed by atoms with Crippen LogP contribution in [0.25, 0.3) is 0 Å². The van der Waals surface area contributed by atoms with Gasteiger partial charge in [0.1, 0.15) is 18.3 Å². The van der Waals surface area contributed by atoms with Crippen LogP contribution in [0.5, 0.6) is 0 Å². The molecule has 2 amide bonds. The minimum Gasteiger partial charge on any atom is -0.442 e. The Bertz CT molecular complexity index is 759. The first-order chi connectivity index (χ1) is 12.5. The zero-order valence-corrected chi connectivity index (χ0v) is 14.9. The van der Waals surface area contributed by atoms with Gasteiger partial charge in [0.15, 0.2) is 0 Å². The van der Waals surface area contributed by atoms with Crippen molar-refractivity contribution in [1.29, 1.82) is 0 Å². The molecule has 1 N–H and O–H groups in total. The van der Waals surface area contributed by atoms with Gasteiger partial charge in [-0.15, -0.1) is 0 Å². The van der Waals surface area contributed by atoms with Crippen molar-refractivity contribution in [3.63, 3.8) is 0 Å². The number of ether oxygens (including phenoxy) is 1. The zero-order chi connectivity index (χ0) is 18.7. The van der Waals surface area contributed by atoms with Gasteiger partial charge in [-0.1, -0.05) is 12.2 Å². The summed E-state index contributed by atoms with van der Waals surface area (Å²) in [5, 5.41) is 8.09. The molecule has 8 nitrogen and oxygen atoms in total. The molecule has 1 fully saturated rings. The van der Waals surface area contributed by atoms with Crippen molar-refractivity contribution in [1.82, 2.24) is 10.3 Å². The number of nitrogens with one attached hydrogen (secondary N) is 1. The van der Waals surface area contributed by atoms with E-state index in [1.165, 1.54) is 22.3 Å². The molecule has 2 aliphatic rings. The molecule has 1 aromatic carbocycles. The Morgan fingerprint density at radius 2 is 2.31 bits per heavy atom. The number of amides is 2. The molecule has 0 bridgehead atoms. The van der Waals surface area contributed by atoms with E-state index >= 15 is 0 Å². The molecule has 1 saturated heterocycles. The summed E-state index contributed by atoms with van der Waals surface area (Å²) < 4.78 is 19.8. The van der Waals surface area contributed by atoms with Gasteiger partial charge in [-0.25, -0.2) is 14.2 Å². The van der Waals surface area contributed by atoms with Crippen LogP contribution in [0, 0.1) is 5.82 Å². The minimum absolute atomic E-state index is 0.312. The van der Waals surface area contributed by atoms with Crippen molar-refractivity contribution in [3.8, 4) is 0 Å². The number of hydrogen-bond donors (Lipinski definition) is 1. The van der Waals surface area contributed by atoms with E-state index in [1.807, 2.05) is 0 Å². The Hall–Kier alpha value is -2.75. The molecule has 1 aromatic rings. The van der Waals surface area contributed by atoms with Gasteiger partial charge in [0.25, 0.3) is 0 Å². The van der Waals surface area contributed by atoms with Crippen molar-refractivity contribution in [3.05, 3.63) is 24.0 Å². The number of benzene rings is 1. The predicted molar refractivity (Wildman–Crippen MR) is 98.9 cm³/mol. The van der Waals surface area contributed by atoms with Crippen LogP contribution in [-0.2, 0) is 9.53 Å². The highest BCUT2D eigenvalue weighted by molar-refractivity contribution is 7.80. The molecule has 1 unspecified atom stereocenters. The number of rotatable bonds is 5. The van der Waals surface area contributed by atoms with Gasteiger partial charge in [0, 0.05) is 6.54 Å². The zero-order valence-electron chi connectivity index (χ0n) is 14.1. The summed E-state index contributed by atoms with van der Waals surface area (Å²) in [5.74, 6) is -0.488. The molecule has 2 heterocycles. The average molecular weight is 379 g/mol. The highest BCUT2D eigenvalue weighted by atomic mass is 32.1. The van der Waals surface area contributed by atoms with E-state index in [9.17, 15) is 14.0 Å². The number of anilines is 2. The number of halogens is 1. The van der Waals surface area contributed by atoms with Crippen LogP contribution in [0.1, 0.15) is 6.92 Å². The fourth-order valence-corrected chi connectivity index (χ4v) is 2.79. The Labute approximate surface area is 155 Å². The monoisotopic (exact) mass is 379 g/mol. The maximum Gasteiger partial charge on any atom is 0.414 e. The SMILES string of the molecule is CC(=S)NCC1CN(c2ccc(N3C=NN(C=O)CC3)c(F)c2)C(=O)O1. The first-order valence-electron chi connectivity index (χ1n) is 8.02. The number of nitrogens with zero attached hydrogens (tertiary/aromatic N) is 4. The van der Waals surface area contributed by atoms with Crippen molar-refractivity contribution >= 4 is 47.4 Å². The number of carbonyl (C=O) groups is 2. The summed E-state index contributed by atoms with van der Waals surface area (Å²) >= 11 is 4.94. The van der Waals surface area contributed by atoms with E-state index in [-0.39, 0.29) is 6.10 Å². The Balaban J connectivity index is 1.70. The summed E-state index contributed by atoms with van der Waals surface area (Å²) in [6.07, 6.45) is 1.14. The number of hydrogen-bond acceptors (Lipinski definition) is 6.